The van der Waals surface area contributed by atoms with Gasteiger partial charge in [-0.05, 0) is 53.9 Å². The van der Waals surface area contributed by atoms with Gasteiger partial charge >= 0.3 is 0 Å². The fourth-order valence-electron chi connectivity index (χ4n) is 2.95. The summed E-state index contributed by atoms with van der Waals surface area (Å²) in [4.78, 5) is 21.4. The molecule has 1 amide bonds. The monoisotopic (exact) mass is 513 g/mol. The molecule has 10 heteroatoms. The number of para-hydroxylation sites is 1. The van der Waals surface area contributed by atoms with Gasteiger partial charge in [0, 0.05) is 12.0 Å². The van der Waals surface area contributed by atoms with E-state index in [4.69, 9.17) is 4.74 Å². The number of benzene rings is 1. The summed E-state index contributed by atoms with van der Waals surface area (Å²) in [5, 5.41) is 6.09. The van der Waals surface area contributed by atoms with E-state index in [0.717, 1.165) is 18.7 Å². The van der Waals surface area contributed by atoms with Crippen LogP contribution in [0.4, 0.5) is 21.6 Å². The molecule has 2 heterocycles. The number of imidazole rings is 1. The molecule has 1 aliphatic rings. The number of ether oxygens (including phenoxy) is 1. The number of hydrogen-bond acceptors (Lipinski definition) is 5. The number of amides is 1. The van der Waals surface area contributed by atoms with Gasteiger partial charge in [-0.25, -0.2) is 14.4 Å². The van der Waals surface area contributed by atoms with Crippen LogP contribution in [0.5, 0.6) is 5.75 Å². The minimum atomic E-state index is -0.462. The van der Waals surface area contributed by atoms with Crippen molar-refractivity contribution in [2.45, 2.75) is 19.8 Å². The summed E-state index contributed by atoms with van der Waals surface area (Å²) in [5.41, 5.74) is 2.41. The molecule has 1 atom stereocenters. The Kier molecular flexibility index (Phi) is 5.37. The van der Waals surface area contributed by atoms with Crippen LogP contribution in [-0.2, 0) is 4.79 Å². The Bertz CT molecular complexity index is 1070. The maximum atomic E-state index is 14.1. The lowest BCUT2D eigenvalue weighted by Gasteiger charge is -2.13. The lowest BCUT2D eigenvalue weighted by atomic mass is 10.2. The zero-order chi connectivity index (χ0) is 19.8. The summed E-state index contributed by atoms with van der Waals surface area (Å²) in [7, 11) is 1.42. The summed E-state index contributed by atoms with van der Waals surface area (Å²) in [6.07, 6.45) is 2.22. The quantitative estimate of drug-likeness (QED) is 0.367. The molecule has 1 fully saturated rings. The smallest absolute Gasteiger partial charge is 0.228 e. The topological polar surface area (TPSA) is 81.1 Å². The second-order valence-corrected chi connectivity index (χ2v) is 8.58. The number of pyridine rings is 1. The maximum Gasteiger partial charge on any atom is 0.228 e. The van der Waals surface area contributed by atoms with Crippen LogP contribution < -0.4 is 15.4 Å². The van der Waals surface area contributed by atoms with Crippen molar-refractivity contribution in [3.05, 3.63) is 35.9 Å². The molecule has 1 aliphatic carbocycles. The number of aromatic nitrogens is 3. The fraction of sp³-hybridized carbons (Fsp3) is 0.278. The number of anilines is 3. The van der Waals surface area contributed by atoms with Crippen LogP contribution >= 0.6 is 28.4 Å². The van der Waals surface area contributed by atoms with Crippen LogP contribution in [0.15, 0.2) is 24.3 Å². The summed E-state index contributed by atoms with van der Waals surface area (Å²) in [6, 6.07) is 6.38. The highest BCUT2D eigenvalue weighted by atomic mass is 127. The van der Waals surface area contributed by atoms with Gasteiger partial charge in [-0.1, -0.05) is 6.07 Å². The van der Waals surface area contributed by atoms with Crippen molar-refractivity contribution < 1.29 is 13.9 Å². The average Bonchev–Trinajstić information content (AvgIpc) is 3.46. The molecule has 4 rings (SSSR count). The van der Waals surface area contributed by atoms with E-state index in [1.807, 2.05) is 11.3 Å². The minimum absolute atomic E-state index is 0.0270. The average molecular weight is 513 g/mol. The van der Waals surface area contributed by atoms with E-state index in [1.54, 1.807) is 18.2 Å². The molecule has 0 spiro atoms. The van der Waals surface area contributed by atoms with Gasteiger partial charge in [0.1, 0.15) is 17.2 Å². The molecule has 1 saturated carbocycles. The normalized spacial score (nSPS) is 14.0. The lowest BCUT2D eigenvalue weighted by molar-refractivity contribution is -0.117. The van der Waals surface area contributed by atoms with Gasteiger partial charge in [0.2, 0.25) is 5.91 Å². The first-order valence-corrected chi connectivity index (χ1v) is 12.7. The van der Waals surface area contributed by atoms with Gasteiger partial charge in [-0.15, -0.1) is 0 Å². The van der Waals surface area contributed by atoms with E-state index in [0.29, 0.717) is 34.7 Å². The molecule has 2 N–H and O–H groups in total. The van der Waals surface area contributed by atoms with Gasteiger partial charge < -0.3 is 15.4 Å². The Morgan fingerprint density at radius 2 is 2.14 bits per heavy atom. The third-order valence-corrected chi connectivity index (χ3v) is 6.66. The first kappa shape index (κ1) is 19.3. The number of halogens is 2. The number of fused-ring (bicyclic) bond motifs is 1. The molecule has 7 nitrogen and oxygen atoms in total. The van der Waals surface area contributed by atoms with Crippen LogP contribution in [-0.4, -0.2) is 27.3 Å². The predicted octanol–water partition coefficient (Wildman–Crippen LogP) is 4.77. The van der Waals surface area contributed by atoms with Crippen molar-refractivity contribution >= 4 is 62.7 Å². The summed E-state index contributed by atoms with van der Waals surface area (Å²) < 4.78 is 21.3. The predicted molar refractivity (Wildman–Crippen MR) is 118 cm³/mol. The first-order chi connectivity index (χ1) is 13.5. The molecule has 0 radical (unpaired) electrons. The standard InChI is InChI=1S/C18H18FIN5O2P/c1-9-21-15-13(22-12-5-3-4-11(19)16(12)27-2)8-14(23-17(15)25(9)28-20)24-18(26)10-6-7-10/h3-5,8,10,28H,6-7H2,1-2H3,(H2,22,23,24,26). The summed E-state index contributed by atoms with van der Waals surface area (Å²) in [5.74, 6) is 0.947. The Morgan fingerprint density at radius 1 is 1.36 bits per heavy atom. The Balaban J connectivity index is 1.81. The number of carbonyl (C=O) groups excluding carboxylic acids is 1. The molecular formula is C18H18FIN5O2P. The van der Waals surface area contributed by atoms with E-state index in [9.17, 15) is 9.18 Å². The Hall–Kier alpha value is -2.00. The Morgan fingerprint density at radius 3 is 2.82 bits per heavy atom. The van der Waals surface area contributed by atoms with E-state index in [-0.39, 0.29) is 17.6 Å². The van der Waals surface area contributed by atoms with E-state index >= 15 is 0 Å². The van der Waals surface area contributed by atoms with Crippen molar-refractivity contribution in [2.75, 3.05) is 17.7 Å². The van der Waals surface area contributed by atoms with Crippen molar-refractivity contribution in [1.29, 1.82) is 0 Å². The second kappa shape index (κ2) is 7.79. The van der Waals surface area contributed by atoms with Crippen LogP contribution in [0.1, 0.15) is 18.7 Å². The Labute approximate surface area is 175 Å². The largest absolute Gasteiger partial charge is 0.492 e. The van der Waals surface area contributed by atoms with Crippen LogP contribution in [0.2, 0.25) is 0 Å². The number of rotatable bonds is 6. The molecular weight excluding hydrogens is 495 g/mol. The summed E-state index contributed by atoms with van der Waals surface area (Å²) in [6.45, 7) is 1.91. The molecule has 0 saturated heterocycles. The van der Waals surface area contributed by atoms with Crippen molar-refractivity contribution in [1.82, 2.24) is 14.3 Å². The summed E-state index contributed by atoms with van der Waals surface area (Å²) >= 11 is 2.27. The van der Waals surface area contributed by atoms with Crippen LogP contribution in [0.3, 0.4) is 0 Å². The molecule has 1 unspecified atom stereocenters. The van der Waals surface area contributed by atoms with Crippen molar-refractivity contribution in [2.24, 2.45) is 5.92 Å². The fourth-order valence-corrected chi connectivity index (χ4v) is 5.09. The highest BCUT2D eigenvalue weighted by Crippen LogP contribution is 2.38. The number of hydrogen-bond donors (Lipinski definition) is 2. The van der Waals surface area contributed by atoms with E-state index < -0.39 is 5.82 Å². The number of nitrogens with one attached hydrogen (secondary N) is 2. The SMILES string of the molecule is COc1c(F)cccc1Nc1cc(NC(=O)C2CC2)nc2c1nc(C)n2PI. The van der Waals surface area contributed by atoms with Crippen molar-refractivity contribution in [3.63, 3.8) is 0 Å². The molecule has 2 aromatic heterocycles. The molecule has 3 aromatic rings. The first-order valence-electron chi connectivity index (χ1n) is 8.69. The van der Waals surface area contributed by atoms with Crippen LogP contribution in [0, 0.1) is 18.7 Å². The number of aryl methyl sites for hydroxylation is 1. The van der Waals surface area contributed by atoms with E-state index in [1.165, 1.54) is 13.2 Å². The lowest BCUT2D eigenvalue weighted by Crippen LogP contribution is -2.14. The number of carbonyl (C=O) groups is 1. The number of nitrogens with zero attached hydrogens (tertiary/aromatic N) is 3. The highest BCUT2D eigenvalue weighted by molar-refractivity contribution is 14.2. The third-order valence-electron chi connectivity index (χ3n) is 4.51. The minimum Gasteiger partial charge on any atom is -0.492 e. The van der Waals surface area contributed by atoms with Gasteiger partial charge in [0.05, 0.1) is 24.9 Å². The molecule has 146 valence electrons. The van der Waals surface area contributed by atoms with Gasteiger partial charge in [-0.2, -0.15) is 0 Å². The van der Waals surface area contributed by atoms with Crippen LogP contribution in [0.25, 0.3) is 11.2 Å². The molecule has 1 aromatic carbocycles. The van der Waals surface area contributed by atoms with Gasteiger partial charge in [-0.3, -0.25) is 9.13 Å². The van der Waals surface area contributed by atoms with Crippen molar-refractivity contribution in [3.8, 4) is 5.75 Å². The molecule has 0 aliphatic heterocycles. The zero-order valence-corrected chi connectivity index (χ0v) is 18.4. The molecule has 0 bridgehead atoms. The van der Waals surface area contributed by atoms with Gasteiger partial charge in [0.25, 0.3) is 0 Å². The molecule has 28 heavy (non-hydrogen) atoms. The highest BCUT2D eigenvalue weighted by Gasteiger charge is 2.30. The van der Waals surface area contributed by atoms with E-state index in [2.05, 4.69) is 42.6 Å². The maximum absolute atomic E-state index is 14.1. The number of methoxy groups -OCH3 is 1. The third kappa shape index (κ3) is 3.65. The zero-order valence-electron chi connectivity index (χ0n) is 15.2. The second-order valence-electron chi connectivity index (χ2n) is 6.52. The van der Waals surface area contributed by atoms with Gasteiger partial charge in [0.15, 0.2) is 17.2 Å².